The van der Waals surface area contributed by atoms with Crippen LogP contribution in [0.4, 0.5) is 0 Å². The maximum Gasteiger partial charge on any atom is 0.243 e. The Hall–Kier alpha value is -2.38. The molecule has 0 aromatic heterocycles. The Morgan fingerprint density at radius 3 is 2.00 bits per heavy atom. The molecule has 0 saturated carbocycles. The van der Waals surface area contributed by atoms with Crippen molar-refractivity contribution in [3.05, 3.63) is 99.5 Å². The van der Waals surface area contributed by atoms with E-state index >= 15 is 0 Å². The van der Waals surface area contributed by atoms with Gasteiger partial charge in [0.25, 0.3) is 0 Å². The highest BCUT2D eigenvalue weighted by atomic mass is 35.5. The quantitative estimate of drug-likeness (QED) is 0.507. The molecule has 3 aromatic carbocycles. The zero-order valence-electron chi connectivity index (χ0n) is 16.9. The minimum absolute atomic E-state index is 0.0323. The van der Waals surface area contributed by atoms with E-state index in [1.165, 1.54) is 12.1 Å². The van der Waals surface area contributed by atoms with E-state index in [4.69, 9.17) is 23.2 Å². The van der Waals surface area contributed by atoms with Gasteiger partial charge in [-0.3, -0.25) is 4.79 Å². The summed E-state index contributed by atoms with van der Waals surface area (Å²) >= 11 is 12.4. The van der Waals surface area contributed by atoms with Crippen molar-refractivity contribution in [2.45, 2.75) is 24.9 Å². The summed E-state index contributed by atoms with van der Waals surface area (Å²) in [5.41, 5.74) is 2.30. The number of hydrogen-bond acceptors (Lipinski definition) is 3. The number of sulfonamides is 1. The predicted octanol–water partition coefficient (Wildman–Crippen LogP) is 4.81. The molecule has 8 heteroatoms. The normalized spacial score (nSPS) is 11.5. The van der Waals surface area contributed by atoms with Crippen molar-refractivity contribution in [1.29, 1.82) is 0 Å². The smallest absolute Gasteiger partial charge is 0.243 e. The van der Waals surface area contributed by atoms with Gasteiger partial charge < -0.3 is 5.32 Å². The fourth-order valence-electron chi connectivity index (χ4n) is 2.95. The molecular formula is C23H22Cl2N2O3S. The lowest BCUT2D eigenvalue weighted by Crippen LogP contribution is -2.40. The Bertz CT molecular complexity index is 1170. The number of halogens is 2. The number of hydrogen-bond donors (Lipinski definition) is 1. The molecule has 1 amide bonds. The molecule has 31 heavy (non-hydrogen) atoms. The van der Waals surface area contributed by atoms with Gasteiger partial charge in [0.05, 0.1) is 11.4 Å². The lowest BCUT2D eigenvalue weighted by Gasteiger charge is -2.22. The molecule has 0 atom stereocenters. The average Bonchev–Trinajstić information content (AvgIpc) is 2.74. The van der Waals surface area contributed by atoms with Crippen LogP contribution in [0.25, 0.3) is 0 Å². The Morgan fingerprint density at radius 1 is 0.871 bits per heavy atom. The fourth-order valence-corrected chi connectivity index (χ4v) is 4.73. The van der Waals surface area contributed by atoms with Crippen LogP contribution >= 0.6 is 23.2 Å². The first-order valence-electron chi connectivity index (χ1n) is 9.57. The van der Waals surface area contributed by atoms with Gasteiger partial charge in [-0.2, -0.15) is 4.31 Å². The lowest BCUT2D eigenvalue weighted by molar-refractivity contribution is -0.121. The Balaban J connectivity index is 1.83. The molecule has 0 saturated heterocycles. The third kappa shape index (κ3) is 6.08. The molecule has 5 nitrogen and oxygen atoms in total. The topological polar surface area (TPSA) is 66.5 Å². The van der Waals surface area contributed by atoms with Crippen LogP contribution < -0.4 is 5.32 Å². The first-order chi connectivity index (χ1) is 14.8. The van der Waals surface area contributed by atoms with Crippen molar-refractivity contribution in [1.82, 2.24) is 9.62 Å². The number of benzene rings is 3. The Morgan fingerprint density at radius 2 is 1.42 bits per heavy atom. The van der Waals surface area contributed by atoms with E-state index in [9.17, 15) is 13.2 Å². The fraction of sp³-hybridized carbons (Fsp3) is 0.174. The highest BCUT2D eigenvalue weighted by Crippen LogP contribution is 2.23. The molecule has 162 valence electrons. The molecular weight excluding hydrogens is 455 g/mol. The highest BCUT2D eigenvalue weighted by molar-refractivity contribution is 7.89. The van der Waals surface area contributed by atoms with E-state index in [0.717, 1.165) is 15.4 Å². The maximum atomic E-state index is 13.3. The first kappa shape index (κ1) is 23.3. The van der Waals surface area contributed by atoms with Crippen molar-refractivity contribution in [2.75, 3.05) is 6.54 Å². The van der Waals surface area contributed by atoms with Crippen LogP contribution in [0.15, 0.2) is 77.7 Å². The van der Waals surface area contributed by atoms with Gasteiger partial charge in [-0.25, -0.2) is 8.42 Å². The summed E-state index contributed by atoms with van der Waals surface area (Å²) in [4.78, 5) is 12.8. The third-order valence-corrected chi connectivity index (χ3v) is 7.26. The second-order valence-corrected chi connectivity index (χ2v) is 9.80. The molecule has 0 aliphatic rings. The zero-order valence-corrected chi connectivity index (χ0v) is 19.2. The number of aryl methyl sites for hydroxylation is 1. The monoisotopic (exact) mass is 476 g/mol. The number of carbonyl (C=O) groups excluding carboxylic acids is 1. The molecule has 0 spiro atoms. The summed E-state index contributed by atoms with van der Waals surface area (Å²) in [6.07, 6.45) is 0. The number of nitrogens with one attached hydrogen (secondary N) is 1. The zero-order chi connectivity index (χ0) is 22.4. The summed E-state index contributed by atoms with van der Waals surface area (Å²) < 4.78 is 27.7. The Kier molecular flexibility index (Phi) is 7.73. The van der Waals surface area contributed by atoms with Gasteiger partial charge in [0.1, 0.15) is 0 Å². The summed E-state index contributed by atoms with van der Waals surface area (Å²) in [7, 11) is -3.93. The summed E-state index contributed by atoms with van der Waals surface area (Å²) in [6.45, 7) is 1.68. The van der Waals surface area contributed by atoms with Gasteiger partial charge >= 0.3 is 0 Å². The van der Waals surface area contributed by atoms with Crippen LogP contribution in [0.2, 0.25) is 10.0 Å². The van der Waals surface area contributed by atoms with Crippen molar-refractivity contribution in [2.24, 2.45) is 0 Å². The van der Waals surface area contributed by atoms with Gasteiger partial charge in [0, 0.05) is 23.1 Å². The van der Waals surface area contributed by atoms with Gasteiger partial charge in [-0.1, -0.05) is 77.3 Å². The summed E-state index contributed by atoms with van der Waals surface area (Å²) in [5.74, 6) is -0.442. The summed E-state index contributed by atoms with van der Waals surface area (Å²) in [6, 6.07) is 20.6. The van der Waals surface area contributed by atoms with Crippen LogP contribution in [-0.4, -0.2) is 25.2 Å². The van der Waals surface area contributed by atoms with Crippen molar-refractivity contribution in [3.63, 3.8) is 0 Å². The second-order valence-electron chi connectivity index (χ2n) is 7.05. The van der Waals surface area contributed by atoms with E-state index in [0.29, 0.717) is 15.6 Å². The lowest BCUT2D eigenvalue weighted by atomic mass is 10.2. The van der Waals surface area contributed by atoms with Gasteiger partial charge in [-0.05, 0) is 42.3 Å². The molecule has 0 unspecified atom stereocenters. The predicted molar refractivity (Wildman–Crippen MR) is 124 cm³/mol. The summed E-state index contributed by atoms with van der Waals surface area (Å²) in [5, 5.41) is 3.70. The van der Waals surface area contributed by atoms with Crippen LogP contribution in [-0.2, 0) is 27.9 Å². The standard InChI is InChI=1S/C23H22Cl2N2O3S/c1-17-10-12-20(13-11-17)31(29,30)27(15-19-7-3-5-9-22(19)25)16-23(28)26-14-18-6-2-4-8-21(18)24/h2-13H,14-16H2,1H3,(H,26,28). The van der Waals surface area contributed by atoms with Gasteiger partial charge in [-0.15, -0.1) is 0 Å². The molecule has 0 aliphatic heterocycles. The number of nitrogens with zero attached hydrogens (tertiary/aromatic N) is 1. The minimum atomic E-state index is -3.93. The van der Waals surface area contributed by atoms with Crippen molar-refractivity contribution >= 4 is 39.1 Å². The Labute approximate surface area is 192 Å². The van der Waals surface area contributed by atoms with Crippen molar-refractivity contribution in [3.8, 4) is 0 Å². The first-order valence-corrected chi connectivity index (χ1v) is 11.8. The maximum absolute atomic E-state index is 13.3. The largest absolute Gasteiger partial charge is 0.351 e. The van der Waals surface area contributed by atoms with E-state index < -0.39 is 15.9 Å². The van der Waals surface area contributed by atoms with Crippen LogP contribution in [0.1, 0.15) is 16.7 Å². The molecule has 0 heterocycles. The third-order valence-electron chi connectivity index (χ3n) is 4.72. The molecule has 0 radical (unpaired) electrons. The average molecular weight is 477 g/mol. The minimum Gasteiger partial charge on any atom is -0.351 e. The highest BCUT2D eigenvalue weighted by Gasteiger charge is 2.27. The number of carbonyl (C=O) groups is 1. The molecule has 0 aliphatic carbocycles. The van der Waals surface area contributed by atoms with Gasteiger partial charge in [0.2, 0.25) is 15.9 Å². The van der Waals surface area contributed by atoms with Crippen LogP contribution in [0.5, 0.6) is 0 Å². The molecule has 0 bridgehead atoms. The molecule has 3 rings (SSSR count). The molecule has 1 N–H and O–H groups in total. The van der Waals surface area contributed by atoms with Crippen LogP contribution in [0.3, 0.4) is 0 Å². The van der Waals surface area contributed by atoms with E-state index in [-0.39, 0.29) is 24.5 Å². The molecule has 0 fully saturated rings. The van der Waals surface area contributed by atoms with Crippen LogP contribution in [0, 0.1) is 6.92 Å². The number of amides is 1. The van der Waals surface area contributed by atoms with E-state index in [2.05, 4.69) is 5.32 Å². The second kappa shape index (κ2) is 10.3. The SMILES string of the molecule is Cc1ccc(S(=O)(=O)N(CC(=O)NCc2ccccc2Cl)Cc2ccccc2Cl)cc1. The van der Waals surface area contributed by atoms with E-state index in [1.807, 2.05) is 13.0 Å². The molecule has 3 aromatic rings. The van der Waals surface area contributed by atoms with Crippen molar-refractivity contribution < 1.29 is 13.2 Å². The van der Waals surface area contributed by atoms with Gasteiger partial charge in [0.15, 0.2) is 0 Å². The number of rotatable bonds is 8. The van der Waals surface area contributed by atoms with E-state index in [1.54, 1.807) is 54.6 Å².